The number of hydrogen-bond donors (Lipinski definition) is 1. The van der Waals surface area contributed by atoms with E-state index in [2.05, 4.69) is 47.1 Å². The minimum absolute atomic E-state index is 0.0420. The fourth-order valence-corrected chi connectivity index (χ4v) is 5.65. The van der Waals surface area contributed by atoms with E-state index in [1.165, 1.54) is 0 Å². The Morgan fingerprint density at radius 1 is 1.26 bits per heavy atom. The third kappa shape index (κ3) is 5.26. The van der Waals surface area contributed by atoms with Gasteiger partial charge in [-0.2, -0.15) is 10.4 Å². The van der Waals surface area contributed by atoms with E-state index >= 15 is 0 Å². The molecule has 5 heterocycles. The second-order valence-electron chi connectivity index (χ2n) is 9.56. The number of fused-ring (bicyclic) bond motifs is 1. The van der Waals surface area contributed by atoms with Crippen LogP contribution in [0.25, 0.3) is 27.5 Å². The summed E-state index contributed by atoms with van der Waals surface area (Å²) in [5.74, 6) is 0.504. The third-order valence-electron chi connectivity index (χ3n) is 7.18. The van der Waals surface area contributed by atoms with Crippen molar-refractivity contribution in [2.24, 2.45) is 5.92 Å². The molecule has 4 aromatic rings. The quantitative estimate of drug-likeness (QED) is 0.345. The van der Waals surface area contributed by atoms with Gasteiger partial charge in [0, 0.05) is 37.4 Å². The van der Waals surface area contributed by atoms with Gasteiger partial charge in [-0.25, -0.2) is 14.5 Å². The van der Waals surface area contributed by atoms with Crippen LogP contribution >= 0.6 is 11.3 Å². The molecule has 5 rings (SSSR count). The van der Waals surface area contributed by atoms with Crippen molar-refractivity contribution >= 4 is 28.7 Å². The van der Waals surface area contributed by atoms with Crippen molar-refractivity contribution in [2.45, 2.75) is 33.2 Å². The van der Waals surface area contributed by atoms with Crippen LogP contribution in [0, 0.1) is 17.2 Å². The highest BCUT2D eigenvalue weighted by Gasteiger charge is 2.25. The summed E-state index contributed by atoms with van der Waals surface area (Å²) in [4.78, 5) is 28.7. The van der Waals surface area contributed by atoms with E-state index in [1.807, 2.05) is 41.9 Å². The van der Waals surface area contributed by atoms with Crippen molar-refractivity contribution in [3.63, 3.8) is 0 Å². The second kappa shape index (κ2) is 11.3. The number of nitriles is 1. The number of carbonyl (C=O) groups is 1. The molecule has 0 aromatic carbocycles. The average molecular weight is 529 g/mol. The summed E-state index contributed by atoms with van der Waals surface area (Å²) in [5, 5.41) is 19.1. The molecule has 4 aromatic heterocycles. The summed E-state index contributed by atoms with van der Waals surface area (Å²) in [6.07, 6.45) is 4.43. The number of nitrogens with zero attached hydrogens (tertiary/aromatic N) is 7. The highest BCUT2D eigenvalue weighted by atomic mass is 32.1. The number of likely N-dealkylation sites (N-methyl/N-ethyl adjacent to an activating group) is 1. The van der Waals surface area contributed by atoms with Crippen LogP contribution in [0.3, 0.4) is 0 Å². The van der Waals surface area contributed by atoms with Gasteiger partial charge in [0.25, 0.3) is 5.91 Å². The Morgan fingerprint density at radius 3 is 2.82 bits per heavy atom. The number of pyridine rings is 1. The van der Waals surface area contributed by atoms with Gasteiger partial charge in [-0.3, -0.25) is 9.69 Å². The lowest BCUT2D eigenvalue weighted by atomic mass is 10.1. The summed E-state index contributed by atoms with van der Waals surface area (Å²) in [6, 6.07) is 12.2. The van der Waals surface area contributed by atoms with Gasteiger partial charge in [-0.05, 0) is 56.1 Å². The smallest absolute Gasteiger partial charge is 0.251 e. The number of rotatable bonds is 9. The van der Waals surface area contributed by atoms with Gasteiger partial charge in [-0.15, -0.1) is 11.3 Å². The fraction of sp³-hybridized carbons (Fsp3) is 0.393. The van der Waals surface area contributed by atoms with Gasteiger partial charge in [0.05, 0.1) is 40.0 Å². The monoisotopic (exact) mass is 528 g/mol. The van der Waals surface area contributed by atoms with Gasteiger partial charge in [0.2, 0.25) is 0 Å². The van der Waals surface area contributed by atoms with E-state index < -0.39 is 0 Å². The number of aromatic nitrogens is 4. The molecule has 0 radical (unpaired) electrons. The van der Waals surface area contributed by atoms with Gasteiger partial charge in [-0.1, -0.05) is 19.9 Å². The van der Waals surface area contributed by atoms with Crippen LogP contribution in [0.4, 0.5) is 5.82 Å². The molecule has 0 aliphatic carbocycles. The maximum atomic E-state index is 13.4. The Balaban J connectivity index is 1.51. The zero-order valence-electron chi connectivity index (χ0n) is 22.0. The molecule has 0 bridgehead atoms. The molecule has 2 atom stereocenters. The Kier molecular flexibility index (Phi) is 7.67. The topological polar surface area (TPSA) is 102 Å². The van der Waals surface area contributed by atoms with Crippen LogP contribution in [0.1, 0.15) is 37.6 Å². The van der Waals surface area contributed by atoms with Crippen LogP contribution in [0.5, 0.6) is 0 Å². The van der Waals surface area contributed by atoms with Crippen LogP contribution in [-0.4, -0.2) is 69.2 Å². The molecule has 1 aliphatic rings. The molecule has 1 amide bonds. The summed E-state index contributed by atoms with van der Waals surface area (Å²) in [6.45, 7) is 10.1. The standard InChI is InChI=1S/C28H32N8OS/c1-4-34(5-2)19(3)16-30-28(37)21-13-24(32-26(14-21)35-10-8-20(15-29)18-35)22-17-31-36-11-9-23(33-27(22)36)25-7-6-12-38-25/h6-7,9,11-14,17,19-20H,4-5,8,10,16,18H2,1-3H3,(H,30,37). The van der Waals surface area contributed by atoms with Crippen molar-refractivity contribution in [2.75, 3.05) is 37.6 Å². The van der Waals surface area contributed by atoms with Crippen LogP contribution < -0.4 is 10.2 Å². The molecule has 1 N–H and O–H groups in total. The molecular weight excluding hydrogens is 496 g/mol. The zero-order chi connectivity index (χ0) is 26.6. The highest BCUT2D eigenvalue weighted by Crippen LogP contribution is 2.30. The van der Waals surface area contributed by atoms with E-state index in [0.717, 1.165) is 42.2 Å². The van der Waals surface area contributed by atoms with Gasteiger partial charge in [0.15, 0.2) is 5.65 Å². The predicted octanol–water partition coefficient (Wildman–Crippen LogP) is 4.33. The van der Waals surface area contributed by atoms with E-state index in [1.54, 1.807) is 22.0 Å². The summed E-state index contributed by atoms with van der Waals surface area (Å²) in [5.41, 5.74) is 3.47. The normalized spacial score (nSPS) is 16.2. The number of thiophene rings is 1. The summed E-state index contributed by atoms with van der Waals surface area (Å²) < 4.78 is 1.73. The number of anilines is 1. The first-order chi connectivity index (χ1) is 18.5. The van der Waals surface area contributed by atoms with E-state index in [4.69, 9.17) is 9.97 Å². The first-order valence-electron chi connectivity index (χ1n) is 13.1. The number of amides is 1. The van der Waals surface area contributed by atoms with Crippen molar-refractivity contribution in [3.05, 3.63) is 53.7 Å². The molecule has 10 heteroatoms. The maximum Gasteiger partial charge on any atom is 0.251 e. The number of carbonyl (C=O) groups excluding carboxylic acids is 1. The summed E-state index contributed by atoms with van der Waals surface area (Å²) in [7, 11) is 0. The van der Waals surface area contributed by atoms with Crippen LogP contribution in [0.15, 0.2) is 48.1 Å². The van der Waals surface area contributed by atoms with Crippen molar-refractivity contribution < 1.29 is 4.79 Å². The molecule has 196 valence electrons. The molecule has 1 fully saturated rings. The first-order valence-corrected chi connectivity index (χ1v) is 14.0. The molecular formula is C28H32N8OS. The molecule has 1 aliphatic heterocycles. The Hall–Kier alpha value is -3.81. The SMILES string of the molecule is CCN(CC)C(C)CNC(=O)c1cc(-c2cnn3ccc(-c4cccs4)nc23)nc(N2CCC(C#N)C2)c1. The van der Waals surface area contributed by atoms with Crippen LogP contribution in [0.2, 0.25) is 0 Å². The maximum absolute atomic E-state index is 13.4. The second-order valence-corrected chi connectivity index (χ2v) is 10.5. The van der Waals surface area contributed by atoms with E-state index in [9.17, 15) is 10.1 Å². The molecule has 0 saturated carbocycles. The molecule has 2 unspecified atom stereocenters. The number of hydrogen-bond acceptors (Lipinski definition) is 8. The van der Waals surface area contributed by atoms with Crippen molar-refractivity contribution in [1.29, 1.82) is 5.26 Å². The summed E-state index contributed by atoms with van der Waals surface area (Å²) >= 11 is 1.63. The van der Waals surface area contributed by atoms with Gasteiger partial charge < -0.3 is 10.2 Å². The van der Waals surface area contributed by atoms with E-state index in [0.29, 0.717) is 35.8 Å². The van der Waals surface area contributed by atoms with Crippen LogP contribution in [-0.2, 0) is 0 Å². The largest absolute Gasteiger partial charge is 0.355 e. The zero-order valence-corrected chi connectivity index (χ0v) is 22.8. The minimum atomic E-state index is -0.145. The Labute approximate surface area is 226 Å². The highest BCUT2D eigenvalue weighted by molar-refractivity contribution is 7.13. The third-order valence-corrected chi connectivity index (χ3v) is 8.07. The Morgan fingerprint density at radius 2 is 2.11 bits per heavy atom. The van der Waals surface area contributed by atoms with Gasteiger partial charge >= 0.3 is 0 Å². The van der Waals surface area contributed by atoms with Crippen molar-refractivity contribution in [3.8, 4) is 27.9 Å². The molecule has 1 saturated heterocycles. The van der Waals surface area contributed by atoms with Gasteiger partial charge in [0.1, 0.15) is 5.82 Å². The fourth-order valence-electron chi connectivity index (χ4n) is 4.95. The molecule has 9 nitrogen and oxygen atoms in total. The average Bonchev–Trinajstić information content (AvgIpc) is 3.72. The first kappa shape index (κ1) is 25.8. The van der Waals surface area contributed by atoms with E-state index in [-0.39, 0.29) is 17.9 Å². The predicted molar refractivity (Wildman–Crippen MR) is 150 cm³/mol. The lowest BCUT2D eigenvalue weighted by Gasteiger charge is -2.26. The van der Waals surface area contributed by atoms with Crippen molar-refractivity contribution in [1.82, 2.24) is 29.8 Å². The Bertz CT molecular complexity index is 1450. The number of nitrogens with one attached hydrogen (secondary N) is 1. The lowest BCUT2D eigenvalue weighted by Crippen LogP contribution is -2.42. The molecule has 0 spiro atoms. The molecule has 38 heavy (non-hydrogen) atoms. The lowest BCUT2D eigenvalue weighted by molar-refractivity contribution is 0.0938. The minimum Gasteiger partial charge on any atom is -0.355 e.